The van der Waals surface area contributed by atoms with Crippen molar-refractivity contribution in [1.82, 2.24) is 0 Å². The second kappa shape index (κ2) is 8.53. The predicted molar refractivity (Wildman–Crippen MR) is 43.0 cm³/mol. The molecule has 0 fully saturated rings. The van der Waals surface area contributed by atoms with E-state index in [9.17, 15) is 9.59 Å². The molecule has 0 aliphatic heterocycles. The van der Waals surface area contributed by atoms with Gasteiger partial charge in [0.25, 0.3) is 0 Å². The minimum Gasteiger partial charge on any atom is -0.481 e. The summed E-state index contributed by atoms with van der Waals surface area (Å²) in [6, 6.07) is 0. The van der Waals surface area contributed by atoms with Crippen molar-refractivity contribution in [2.24, 2.45) is 0 Å². The molecule has 0 aliphatic carbocycles. The van der Waals surface area contributed by atoms with Crippen LogP contribution in [0.4, 0.5) is 0 Å². The summed E-state index contributed by atoms with van der Waals surface area (Å²) in [5.74, 6) is -2.85. The molecule has 0 bridgehead atoms. The number of carboxylic acids is 2. The van der Waals surface area contributed by atoms with Gasteiger partial charge in [-0.05, 0) is 0 Å². The maximum absolute atomic E-state index is 9.72. The topological polar surface area (TPSA) is 94.8 Å². The molecule has 11 heavy (non-hydrogen) atoms. The average molecular weight is 187 g/mol. The third-order valence-electron chi connectivity index (χ3n) is 0.653. The lowest BCUT2D eigenvalue weighted by molar-refractivity contribution is -0.152. The number of aliphatic hydroxyl groups excluding tert-OH is 1. The fourth-order valence-electron chi connectivity index (χ4n) is 0.253. The Balaban J connectivity index is -0.000000320. The molecule has 1 atom stereocenters. The fraction of sp³-hybridized carbons (Fsp3) is 0.500. The number of carbonyl (C=O) groups is 2. The summed E-state index contributed by atoms with van der Waals surface area (Å²) in [5.41, 5.74) is 0. The lowest BCUT2D eigenvalue weighted by atomic mass is 10.3. The van der Waals surface area contributed by atoms with Gasteiger partial charge in [-0.2, -0.15) is 0 Å². The Kier molecular flexibility index (Phi) is 13.6. The number of aliphatic carboxylic acids is 2. The Morgan fingerprint density at radius 3 is 1.64 bits per heavy atom. The van der Waals surface area contributed by atoms with E-state index in [-0.39, 0.29) is 46.1 Å². The molecule has 3 N–H and O–H groups in total. The molecular formula is C4H10Mg2O5. The van der Waals surface area contributed by atoms with E-state index in [0.717, 1.165) is 0 Å². The largest absolute Gasteiger partial charge is 0.481 e. The summed E-state index contributed by atoms with van der Waals surface area (Å²) in [7, 11) is 0. The van der Waals surface area contributed by atoms with E-state index in [1.165, 1.54) is 0 Å². The fourth-order valence-corrected chi connectivity index (χ4v) is 0.253. The first-order valence-electron chi connectivity index (χ1n) is 2.16. The van der Waals surface area contributed by atoms with Crippen LogP contribution < -0.4 is 0 Å². The molecule has 0 aromatic rings. The minimum absolute atomic E-state index is 0. The van der Waals surface area contributed by atoms with Gasteiger partial charge in [-0.1, -0.05) is 0 Å². The van der Waals surface area contributed by atoms with Crippen LogP contribution in [0.1, 0.15) is 6.42 Å². The van der Waals surface area contributed by atoms with Gasteiger partial charge in [0.15, 0.2) is 6.10 Å². The maximum Gasteiger partial charge on any atom is 0.333 e. The molecule has 0 saturated heterocycles. The molecule has 0 aliphatic rings. The highest BCUT2D eigenvalue weighted by Crippen LogP contribution is 1.89. The Labute approximate surface area is 95.1 Å². The Hall–Kier alpha value is 0.432. The van der Waals surface area contributed by atoms with Gasteiger partial charge in [0.1, 0.15) is 0 Å². The highest BCUT2D eigenvalue weighted by Gasteiger charge is 2.16. The molecule has 1 unspecified atom stereocenters. The van der Waals surface area contributed by atoms with E-state index in [2.05, 4.69) is 0 Å². The van der Waals surface area contributed by atoms with Crippen molar-refractivity contribution >= 4 is 58.0 Å². The molecular weight excluding hydrogens is 177 g/mol. The monoisotopic (exact) mass is 186 g/mol. The number of rotatable bonds is 3. The number of hydrogen-bond donors (Lipinski definition) is 3. The molecule has 0 rings (SSSR count). The average Bonchev–Trinajstić information content (AvgIpc) is 1.63. The second-order valence-electron chi connectivity index (χ2n) is 1.45. The standard InChI is InChI=1S/C4H6O5.2Mg.4H/c5-2(4(8)9)1-3(6)7;;;;;;/h2,5H,1H2,(H,6,7)(H,8,9);;;;;;. The quantitative estimate of drug-likeness (QED) is 0.411. The van der Waals surface area contributed by atoms with Gasteiger partial charge in [-0.15, -0.1) is 0 Å². The number of hydrogen-bond acceptors (Lipinski definition) is 3. The van der Waals surface area contributed by atoms with E-state index in [1.54, 1.807) is 0 Å². The van der Waals surface area contributed by atoms with Crippen LogP contribution >= 0.6 is 0 Å². The molecule has 60 valence electrons. The van der Waals surface area contributed by atoms with E-state index in [1.807, 2.05) is 0 Å². The van der Waals surface area contributed by atoms with Crippen molar-refractivity contribution in [3.63, 3.8) is 0 Å². The van der Waals surface area contributed by atoms with E-state index in [4.69, 9.17) is 15.3 Å². The summed E-state index contributed by atoms with van der Waals surface area (Å²) in [5, 5.41) is 24.1. The first kappa shape index (κ1) is 17.5. The molecule has 0 spiro atoms. The predicted octanol–water partition coefficient (Wildman–Crippen LogP) is -2.93. The van der Waals surface area contributed by atoms with Crippen LogP contribution in [-0.4, -0.2) is 79.5 Å². The summed E-state index contributed by atoms with van der Waals surface area (Å²) >= 11 is 0. The van der Waals surface area contributed by atoms with E-state index < -0.39 is 24.5 Å². The van der Waals surface area contributed by atoms with Crippen LogP contribution in [0.3, 0.4) is 0 Å². The molecule has 0 aromatic carbocycles. The van der Waals surface area contributed by atoms with Crippen molar-refractivity contribution < 1.29 is 24.9 Å². The third kappa shape index (κ3) is 10.4. The zero-order valence-corrected chi connectivity index (χ0v) is 4.44. The number of carboxylic acid groups (broad SMARTS) is 2. The summed E-state index contributed by atoms with van der Waals surface area (Å²) in [6.45, 7) is 0. The second-order valence-corrected chi connectivity index (χ2v) is 1.45. The SMILES string of the molecule is O=C(O)CC(O)C(=O)O.[MgH2].[MgH2]. The highest BCUT2D eigenvalue weighted by molar-refractivity contribution is 5.79. The van der Waals surface area contributed by atoms with Gasteiger partial charge in [-0.3, -0.25) is 4.79 Å². The van der Waals surface area contributed by atoms with Crippen LogP contribution in [0, 0.1) is 0 Å². The van der Waals surface area contributed by atoms with Crippen LogP contribution in [0.5, 0.6) is 0 Å². The zero-order chi connectivity index (χ0) is 7.44. The van der Waals surface area contributed by atoms with Crippen molar-refractivity contribution in [2.45, 2.75) is 12.5 Å². The van der Waals surface area contributed by atoms with Gasteiger partial charge >= 0.3 is 58.0 Å². The van der Waals surface area contributed by atoms with Gasteiger partial charge in [0.2, 0.25) is 0 Å². The normalized spacial score (nSPS) is 10.3. The van der Waals surface area contributed by atoms with E-state index in [0.29, 0.717) is 0 Å². The van der Waals surface area contributed by atoms with Gasteiger partial charge in [0, 0.05) is 0 Å². The summed E-state index contributed by atoms with van der Waals surface area (Å²) in [6.07, 6.45) is -2.54. The maximum atomic E-state index is 9.72. The van der Waals surface area contributed by atoms with Crippen molar-refractivity contribution in [3.05, 3.63) is 0 Å². The third-order valence-corrected chi connectivity index (χ3v) is 0.653. The van der Waals surface area contributed by atoms with Crippen LogP contribution in [0.2, 0.25) is 0 Å². The summed E-state index contributed by atoms with van der Waals surface area (Å²) < 4.78 is 0. The Morgan fingerprint density at radius 1 is 1.18 bits per heavy atom. The van der Waals surface area contributed by atoms with Crippen LogP contribution in [-0.2, 0) is 9.59 Å². The molecule has 0 saturated carbocycles. The van der Waals surface area contributed by atoms with Crippen molar-refractivity contribution in [1.29, 1.82) is 0 Å². The first-order valence-corrected chi connectivity index (χ1v) is 2.16. The molecule has 0 heterocycles. The lowest BCUT2D eigenvalue weighted by Crippen LogP contribution is -2.22. The molecule has 0 amide bonds. The minimum atomic E-state index is -1.79. The highest BCUT2D eigenvalue weighted by atomic mass is 24.3. The molecule has 7 heteroatoms. The van der Waals surface area contributed by atoms with Gasteiger partial charge in [0.05, 0.1) is 6.42 Å². The Bertz CT molecular complexity index is 136. The van der Waals surface area contributed by atoms with Gasteiger partial charge < -0.3 is 15.3 Å². The Morgan fingerprint density at radius 2 is 1.55 bits per heavy atom. The van der Waals surface area contributed by atoms with Gasteiger partial charge in [-0.25, -0.2) is 4.79 Å². The zero-order valence-electron chi connectivity index (χ0n) is 4.44. The van der Waals surface area contributed by atoms with Crippen molar-refractivity contribution in [3.8, 4) is 0 Å². The van der Waals surface area contributed by atoms with Crippen LogP contribution in [0.15, 0.2) is 0 Å². The number of aliphatic hydroxyl groups is 1. The molecule has 0 radical (unpaired) electrons. The molecule has 5 nitrogen and oxygen atoms in total. The van der Waals surface area contributed by atoms with E-state index >= 15 is 0 Å². The molecule has 0 aromatic heterocycles. The van der Waals surface area contributed by atoms with Crippen molar-refractivity contribution in [2.75, 3.05) is 0 Å². The first-order chi connectivity index (χ1) is 4.04. The lowest BCUT2D eigenvalue weighted by Gasteiger charge is -1.97. The van der Waals surface area contributed by atoms with Crippen LogP contribution in [0.25, 0.3) is 0 Å². The smallest absolute Gasteiger partial charge is 0.333 e. The summed E-state index contributed by atoms with van der Waals surface area (Å²) in [4.78, 5) is 19.4.